The van der Waals surface area contributed by atoms with Gasteiger partial charge in [0.1, 0.15) is 5.75 Å². The number of carbonyl (C=O) groups excluding carboxylic acids is 1. The first kappa shape index (κ1) is 18.5. The van der Waals surface area contributed by atoms with Crippen molar-refractivity contribution >= 4 is 11.6 Å². The molecule has 3 aromatic rings. The molecule has 0 fully saturated rings. The maximum atomic E-state index is 12.7. The van der Waals surface area contributed by atoms with E-state index in [4.69, 9.17) is 0 Å². The number of hydrogen-bond acceptors (Lipinski definition) is 2. The summed E-state index contributed by atoms with van der Waals surface area (Å²) in [5.41, 5.74) is 3.33. The van der Waals surface area contributed by atoms with E-state index >= 15 is 0 Å². The summed E-state index contributed by atoms with van der Waals surface area (Å²) in [6, 6.07) is 19.7. The van der Waals surface area contributed by atoms with Gasteiger partial charge in [-0.1, -0.05) is 42.5 Å². The third-order valence-electron chi connectivity index (χ3n) is 3.85. The minimum Gasteiger partial charge on any atom is -0.406 e. The van der Waals surface area contributed by atoms with Crippen LogP contribution < -0.4 is 10.1 Å². The fourth-order valence-electron chi connectivity index (χ4n) is 2.69. The quantitative estimate of drug-likeness (QED) is 0.628. The van der Waals surface area contributed by atoms with E-state index in [1.165, 1.54) is 24.3 Å². The first-order valence-electron chi connectivity index (χ1n) is 8.15. The van der Waals surface area contributed by atoms with E-state index in [1.807, 2.05) is 25.1 Å². The predicted molar refractivity (Wildman–Crippen MR) is 97.7 cm³/mol. The Morgan fingerprint density at radius 2 is 1.63 bits per heavy atom. The van der Waals surface area contributed by atoms with Crippen LogP contribution in [0.2, 0.25) is 0 Å². The lowest BCUT2D eigenvalue weighted by molar-refractivity contribution is -0.274. The highest BCUT2D eigenvalue weighted by Gasteiger charge is 2.31. The number of halogens is 3. The standard InChI is InChI=1S/C21H16F3NO2/c1-14-5-4-6-16(13-14)25-20(26)19-8-3-2-7-18(19)15-9-11-17(12-10-15)27-21(22,23)24/h2-13H,1H3,(H,25,26). The molecular weight excluding hydrogens is 355 g/mol. The molecule has 0 spiro atoms. The van der Waals surface area contributed by atoms with E-state index in [9.17, 15) is 18.0 Å². The normalized spacial score (nSPS) is 11.1. The molecule has 0 aliphatic heterocycles. The second-order valence-electron chi connectivity index (χ2n) is 5.94. The molecule has 1 amide bonds. The molecule has 1 N–H and O–H groups in total. The molecule has 0 saturated carbocycles. The van der Waals surface area contributed by atoms with Crippen molar-refractivity contribution in [1.82, 2.24) is 0 Å². The molecule has 0 bridgehead atoms. The topological polar surface area (TPSA) is 38.3 Å². The van der Waals surface area contributed by atoms with Crippen LogP contribution in [0.3, 0.4) is 0 Å². The highest BCUT2D eigenvalue weighted by molar-refractivity contribution is 6.08. The average molecular weight is 371 g/mol. The summed E-state index contributed by atoms with van der Waals surface area (Å²) in [5, 5.41) is 2.84. The van der Waals surface area contributed by atoms with Crippen molar-refractivity contribution in [3.63, 3.8) is 0 Å². The first-order chi connectivity index (χ1) is 12.8. The molecule has 3 aromatic carbocycles. The number of rotatable bonds is 4. The van der Waals surface area contributed by atoms with Crippen molar-refractivity contribution < 1.29 is 22.7 Å². The van der Waals surface area contributed by atoms with Crippen molar-refractivity contribution in [2.45, 2.75) is 13.3 Å². The lowest BCUT2D eigenvalue weighted by Crippen LogP contribution is -2.17. The number of aryl methyl sites for hydroxylation is 1. The van der Waals surface area contributed by atoms with Gasteiger partial charge in [-0.25, -0.2) is 0 Å². The molecule has 6 heteroatoms. The lowest BCUT2D eigenvalue weighted by Gasteiger charge is -2.12. The SMILES string of the molecule is Cc1cccc(NC(=O)c2ccccc2-c2ccc(OC(F)(F)F)cc2)c1. The van der Waals surface area contributed by atoms with Gasteiger partial charge < -0.3 is 10.1 Å². The molecule has 0 aromatic heterocycles. The largest absolute Gasteiger partial charge is 0.573 e. The lowest BCUT2D eigenvalue weighted by atomic mass is 9.99. The maximum Gasteiger partial charge on any atom is 0.573 e. The second kappa shape index (κ2) is 7.53. The van der Waals surface area contributed by atoms with Crippen LogP contribution in [0.4, 0.5) is 18.9 Å². The van der Waals surface area contributed by atoms with E-state index in [-0.39, 0.29) is 11.7 Å². The molecule has 0 heterocycles. The Kier molecular flexibility index (Phi) is 5.16. The summed E-state index contributed by atoms with van der Waals surface area (Å²) >= 11 is 0. The zero-order valence-corrected chi connectivity index (χ0v) is 14.4. The Morgan fingerprint density at radius 3 is 2.30 bits per heavy atom. The number of nitrogens with one attached hydrogen (secondary N) is 1. The average Bonchev–Trinajstić information content (AvgIpc) is 2.61. The number of amides is 1. The van der Waals surface area contributed by atoms with Gasteiger partial charge in [0, 0.05) is 11.3 Å². The minimum absolute atomic E-state index is 0.299. The van der Waals surface area contributed by atoms with Crippen molar-refractivity contribution in [3.05, 3.63) is 83.9 Å². The summed E-state index contributed by atoms with van der Waals surface area (Å²) in [5.74, 6) is -0.611. The molecule has 0 saturated heterocycles. The molecular formula is C21H16F3NO2. The summed E-state index contributed by atoms with van der Waals surface area (Å²) in [6.45, 7) is 1.92. The number of hydrogen-bond donors (Lipinski definition) is 1. The van der Waals surface area contributed by atoms with Crippen LogP contribution in [-0.2, 0) is 0 Å². The molecule has 0 radical (unpaired) electrons. The van der Waals surface area contributed by atoms with Gasteiger partial charge in [0.05, 0.1) is 0 Å². The van der Waals surface area contributed by atoms with Crippen LogP contribution in [0.1, 0.15) is 15.9 Å². The highest BCUT2D eigenvalue weighted by atomic mass is 19.4. The molecule has 138 valence electrons. The Hall–Kier alpha value is -3.28. The first-order valence-corrected chi connectivity index (χ1v) is 8.15. The van der Waals surface area contributed by atoms with Gasteiger partial charge in [-0.05, 0) is 53.9 Å². The number of carbonyl (C=O) groups is 1. The molecule has 3 nitrogen and oxygen atoms in total. The number of benzene rings is 3. The fourth-order valence-corrected chi connectivity index (χ4v) is 2.69. The molecule has 27 heavy (non-hydrogen) atoms. The fraction of sp³-hybridized carbons (Fsp3) is 0.0952. The van der Waals surface area contributed by atoms with Crippen LogP contribution in [0.25, 0.3) is 11.1 Å². The van der Waals surface area contributed by atoms with Gasteiger partial charge in [0.2, 0.25) is 0 Å². The van der Waals surface area contributed by atoms with Crippen LogP contribution in [0, 0.1) is 6.92 Å². The monoisotopic (exact) mass is 371 g/mol. The van der Waals surface area contributed by atoms with Crippen molar-refractivity contribution in [1.29, 1.82) is 0 Å². The highest BCUT2D eigenvalue weighted by Crippen LogP contribution is 2.29. The smallest absolute Gasteiger partial charge is 0.406 e. The van der Waals surface area contributed by atoms with Gasteiger partial charge in [-0.15, -0.1) is 13.2 Å². The molecule has 0 aliphatic rings. The van der Waals surface area contributed by atoms with Crippen molar-refractivity contribution in [2.24, 2.45) is 0 Å². The van der Waals surface area contributed by atoms with E-state index in [1.54, 1.807) is 30.3 Å². The van der Waals surface area contributed by atoms with Crippen molar-refractivity contribution in [3.8, 4) is 16.9 Å². The Labute approximate surface area is 154 Å². The maximum absolute atomic E-state index is 12.7. The minimum atomic E-state index is -4.74. The van der Waals surface area contributed by atoms with Crippen LogP contribution in [0.15, 0.2) is 72.8 Å². The van der Waals surface area contributed by atoms with E-state index in [2.05, 4.69) is 10.1 Å². The number of alkyl halides is 3. The Morgan fingerprint density at radius 1 is 0.926 bits per heavy atom. The van der Waals surface area contributed by atoms with E-state index < -0.39 is 6.36 Å². The number of ether oxygens (including phenoxy) is 1. The van der Waals surface area contributed by atoms with Crippen LogP contribution in [-0.4, -0.2) is 12.3 Å². The molecule has 0 atom stereocenters. The predicted octanol–water partition coefficient (Wildman–Crippen LogP) is 5.81. The van der Waals surface area contributed by atoms with Gasteiger partial charge in [-0.2, -0.15) is 0 Å². The van der Waals surface area contributed by atoms with Crippen LogP contribution in [0.5, 0.6) is 5.75 Å². The van der Waals surface area contributed by atoms with Crippen molar-refractivity contribution in [2.75, 3.05) is 5.32 Å². The van der Waals surface area contributed by atoms with Gasteiger partial charge >= 0.3 is 6.36 Å². The Balaban J connectivity index is 1.86. The van der Waals surface area contributed by atoms with Crippen LogP contribution >= 0.6 is 0 Å². The Bertz CT molecular complexity index is 950. The third-order valence-corrected chi connectivity index (χ3v) is 3.85. The number of anilines is 1. The molecule has 3 rings (SSSR count). The molecule has 0 unspecified atom stereocenters. The van der Waals surface area contributed by atoms with E-state index in [0.29, 0.717) is 22.4 Å². The summed E-state index contributed by atoms with van der Waals surface area (Å²) in [4.78, 5) is 12.7. The summed E-state index contributed by atoms with van der Waals surface area (Å²) < 4.78 is 40.8. The summed E-state index contributed by atoms with van der Waals surface area (Å²) in [7, 11) is 0. The van der Waals surface area contributed by atoms with Gasteiger partial charge in [0.15, 0.2) is 0 Å². The molecule has 0 aliphatic carbocycles. The third kappa shape index (κ3) is 4.88. The second-order valence-corrected chi connectivity index (χ2v) is 5.94. The zero-order valence-electron chi connectivity index (χ0n) is 14.4. The van der Waals surface area contributed by atoms with E-state index in [0.717, 1.165) is 5.56 Å². The van der Waals surface area contributed by atoms with Gasteiger partial charge in [0.25, 0.3) is 5.91 Å². The zero-order chi connectivity index (χ0) is 19.4. The van der Waals surface area contributed by atoms with Gasteiger partial charge in [-0.3, -0.25) is 4.79 Å². The summed E-state index contributed by atoms with van der Waals surface area (Å²) in [6.07, 6.45) is -4.74.